The molecule has 18 heteroatoms. The van der Waals surface area contributed by atoms with Gasteiger partial charge >= 0.3 is 6.16 Å². The summed E-state index contributed by atoms with van der Waals surface area (Å²) in [4.78, 5) is 78.9. The van der Waals surface area contributed by atoms with Crippen molar-refractivity contribution in [1.29, 1.82) is 0 Å². The predicted octanol–water partition coefficient (Wildman–Crippen LogP) is -1.51. The molecule has 0 amide bonds. The Balaban J connectivity index is 2.55. The van der Waals surface area contributed by atoms with Crippen LogP contribution in [0.5, 0.6) is 0 Å². The summed E-state index contributed by atoms with van der Waals surface area (Å²) >= 11 is 0. The van der Waals surface area contributed by atoms with Crippen LogP contribution in [-0.2, 0) is 76.1 Å². The van der Waals surface area contributed by atoms with Gasteiger partial charge in [-0.2, -0.15) is 0 Å². The molecule has 2 fully saturated rings. The van der Waals surface area contributed by atoms with E-state index in [1.807, 2.05) is 0 Å². The van der Waals surface area contributed by atoms with E-state index in [0.29, 0.717) is 6.29 Å². The molecular formula is C23H30O18. The minimum Gasteiger partial charge on any atom is -0.465 e. The molecule has 0 bridgehead atoms. The maximum absolute atomic E-state index is 11.7. The summed E-state index contributed by atoms with van der Waals surface area (Å²) in [5, 5.41) is 9.08. The van der Waals surface area contributed by atoms with Gasteiger partial charge in [-0.1, -0.05) is 0 Å². The Morgan fingerprint density at radius 2 is 1.29 bits per heavy atom. The van der Waals surface area contributed by atoms with E-state index >= 15 is 0 Å². The molecule has 1 N–H and O–H groups in total. The number of aldehydes is 1. The highest BCUT2D eigenvalue weighted by Gasteiger charge is 2.55. The lowest BCUT2D eigenvalue weighted by molar-refractivity contribution is -0.354. The minimum absolute atomic E-state index is 0.00710. The molecule has 230 valence electrons. The van der Waals surface area contributed by atoms with Gasteiger partial charge in [0.1, 0.15) is 31.7 Å². The van der Waals surface area contributed by atoms with Crippen LogP contribution in [0.25, 0.3) is 0 Å². The summed E-state index contributed by atoms with van der Waals surface area (Å²) in [6.45, 7) is 2.13. The van der Waals surface area contributed by atoms with Crippen LogP contribution < -0.4 is 0 Å². The third kappa shape index (κ3) is 9.07. The van der Waals surface area contributed by atoms with Crippen molar-refractivity contribution >= 4 is 44.8 Å². The normalized spacial score (nSPS) is 33.0. The second kappa shape index (κ2) is 17.1. The summed E-state index contributed by atoms with van der Waals surface area (Å²) < 4.78 is 52.9. The monoisotopic (exact) mass is 594 g/mol. The van der Waals surface area contributed by atoms with Gasteiger partial charge in [-0.25, -0.2) is 4.79 Å². The second-order valence-electron chi connectivity index (χ2n) is 8.73. The van der Waals surface area contributed by atoms with Crippen LogP contribution in [0, 0.1) is 5.92 Å². The highest BCUT2D eigenvalue weighted by atomic mass is 16.8. The fourth-order valence-electron chi connectivity index (χ4n) is 4.52. The first-order chi connectivity index (χ1) is 19.8. The van der Waals surface area contributed by atoms with Gasteiger partial charge in [0, 0.05) is 12.3 Å². The number of carbonyl (C=O) groups excluding carboxylic acids is 6. The van der Waals surface area contributed by atoms with E-state index in [9.17, 15) is 33.6 Å². The van der Waals surface area contributed by atoms with E-state index < -0.39 is 86.7 Å². The largest absolute Gasteiger partial charge is 0.505 e. The molecule has 0 radical (unpaired) electrons. The zero-order valence-electron chi connectivity index (χ0n) is 21.8. The van der Waals surface area contributed by atoms with Gasteiger partial charge in [-0.3, -0.25) is 24.0 Å². The predicted molar refractivity (Wildman–Crippen MR) is 122 cm³/mol. The van der Waals surface area contributed by atoms with Crippen molar-refractivity contribution in [3.8, 4) is 0 Å². The maximum Gasteiger partial charge on any atom is 0.505 e. The van der Waals surface area contributed by atoms with Crippen molar-refractivity contribution in [2.45, 2.75) is 81.7 Å². The number of hydrogen-bond acceptors (Lipinski definition) is 17. The molecule has 41 heavy (non-hydrogen) atoms. The zero-order valence-corrected chi connectivity index (χ0v) is 21.8. The molecule has 18 nitrogen and oxygen atoms in total. The topological polar surface area (TPSA) is 232 Å². The van der Waals surface area contributed by atoms with Crippen LogP contribution in [-0.4, -0.2) is 125 Å². The maximum atomic E-state index is 11.7. The van der Waals surface area contributed by atoms with E-state index in [0.717, 1.165) is 0 Å². The van der Waals surface area contributed by atoms with Crippen LogP contribution >= 0.6 is 0 Å². The summed E-state index contributed by atoms with van der Waals surface area (Å²) in [6.07, 6.45) is -15.1. The van der Waals surface area contributed by atoms with Crippen LogP contribution in [0.1, 0.15) is 20.3 Å². The standard InChI is InChI=1S/C23H30O18/c1-12(2)38-21-17(34-8-26)13(3-4-24)16(15(40-21)6-33-23(30)31)41-22-20(37-11-29)19(36-10-28)18(35-9-27)14(39-22)5-32-7-25/h4,7-22H,3,5-6H2,1-2H3,(H,30,31)/t13-,14+,15+,16-,17+,18-,19-,20+,21?,22-/m0/s1. The second-order valence-corrected chi connectivity index (χ2v) is 8.73. The van der Waals surface area contributed by atoms with Gasteiger partial charge in [-0.05, 0) is 13.8 Å². The van der Waals surface area contributed by atoms with Crippen molar-refractivity contribution in [2.75, 3.05) is 13.2 Å². The third-order valence-electron chi connectivity index (χ3n) is 6.00. The van der Waals surface area contributed by atoms with E-state index in [2.05, 4.69) is 4.74 Å². The number of hydrogen-bond donors (Lipinski definition) is 1. The average Bonchev–Trinajstić information content (AvgIpc) is 2.92. The number of ether oxygens (including phenoxy) is 10. The van der Waals surface area contributed by atoms with Crippen molar-refractivity contribution in [3.63, 3.8) is 0 Å². The Hall–Kier alpha value is -3.87. The van der Waals surface area contributed by atoms with Crippen molar-refractivity contribution in [1.82, 2.24) is 0 Å². The lowest BCUT2D eigenvalue weighted by atomic mass is 9.86. The molecule has 1 unspecified atom stereocenters. The first-order valence-electron chi connectivity index (χ1n) is 12.1. The Morgan fingerprint density at radius 3 is 1.85 bits per heavy atom. The van der Waals surface area contributed by atoms with Gasteiger partial charge in [0.05, 0.1) is 12.2 Å². The molecule has 0 aromatic rings. The molecule has 2 saturated heterocycles. The van der Waals surface area contributed by atoms with Gasteiger partial charge in [0.25, 0.3) is 32.4 Å². The van der Waals surface area contributed by atoms with Crippen molar-refractivity contribution < 1.29 is 86.0 Å². The van der Waals surface area contributed by atoms with Gasteiger partial charge in [0.2, 0.25) is 0 Å². The quantitative estimate of drug-likeness (QED) is 0.102. The van der Waals surface area contributed by atoms with E-state index in [-0.39, 0.29) is 38.8 Å². The minimum atomic E-state index is -1.72. The van der Waals surface area contributed by atoms with Crippen molar-refractivity contribution in [3.05, 3.63) is 0 Å². The highest BCUT2D eigenvalue weighted by Crippen LogP contribution is 2.37. The molecule has 0 aromatic heterocycles. The Morgan fingerprint density at radius 1 is 0.732 bits per heavy atom. The fourth-order valence-corrected chi connectivity index (χ4v) is 4.52. The van der Waals surface area contributed by atoms with Gasteiger partial charge < -0.3 is 57.3 Å². The molecule has 2 aliphatic heterocycles. The molecule has 0 spiro atoms. The van der Waals surface area contributed by atoms with Crippen LogP contribution in [0.2, 0.25) is 0 Å². The smallest absolute Gasteiger partial charge is 0.465 e. The lowest BCUT2D eigenvalue weighted by Crippen LogP contribution is -2.65. The number of carbonyl (C=O) groups is 7. The Bertz CT molecular complexity index is 881. The Kier molecular flexibility index (Phi) is 13.9. The SMILES string of the molecule is CC(C)OC1O[C@H](COC(=O)O)[C@@H](O[C@@H]2O[C@H](COC=O)[C@H](OC=O)[C@H](OC=O)[C@H]2OC=O)[C@H](CC=O)[C@H]1OC=O. The van der Waals surface area contributed by atoms with Crippen molar-refractivity contribution in [2.24, 2.45) is 5.92 Å². The summed E-state index contributed by atoms with van der Waals surface area (Å²) in [7, 11) is 0. The first kappa shape index (κ1) is 33.3. The molecule has 2 heterocycles. The number of rotatable bonds is 19. The zero-order chi connectivity index (χ0) is 30.4. The highest BCUT2D eigenvalue weighted by molar-refractivity contribution is 5.56. The van der Waals surface area contributed by atoms with Crippen LogP contribution in [0.15, 0.2) is 0 Å². The van der Waals surface area contributed by atoms with Crippen LogP contribution in [0.4, 0.5) is 4.79 Å². The molecule has 2 rings (SSSR count). The van der Waals surface area contributed by atoms with Gasteiger partial charge in [-0.15, -0.1) is 0 Å². The summed E-state index contributed by atoms with van der Waals surface area (Å²) in [6, 6.07) is 0. The third-order valence-corrected chi connectivity index (χ3v) is 6.00. The molecule has 2 aliphatic rings. The van der Waals surface area contributed by atoms with E-state index in [1.165, 1.54) is 0 Å². The fraction of sp³-hybridized carbons (Fsp3) is 0.696. The van der Waals surface area contributed by atoms with Crippen LogP contribution in [0.3, 0.4) is 0 Å². The molecule has 0 saturated carbocycles. The number of carboxylic acid groups (broad SMARTS) is 1. The molecular weight excluding hydrogens is 564 g/mol. The summed E-state index contributed by atoms with van der Waals surface area (Å²) in [5.74, 6) is -1.09. The van der Waals surface area contributed by atoms with E-state index in [4.69, 9.17) is 47.7 Å². The van der Waals surface area contributed by atoms with E-state index in [1.54, 1.807) is 13.8 Å². The Labute approximate surface area is 232 Å². The molecule has 10 atom stereocenters. The summed E-state index contributed by atoms with van der Waals surface area (Å²) in [5.41, 5.74) is 0. The molecule has 0 aliphatic carbocycles. The molecule has 0 aromatic carbocycles. The lowest BCUT2D eigenvalue weighted by Gasteiger charge is -2.48. The first-order valence-corrected chi connectivity index (χ1v) is 12.1. The van der Waals surface area contributed by atoms with Gasteiger partial charge in [0.15, 0.2) is 37.0 Å². The average molecular weight is 594 g/mol.